The lowest BCUT2D eigenvalue weighted by atomic mass is 9.73. The van der Waals surface area contributed by atoms with Crippen molar-refractivity contribution in [2.45, 2.75) is 37.1 Å². The summed E-state index contributed by atoms with van der Waals surface area (Å²) in [6.45, 7) is 1.82. The van der Waals surface area contributed by atoms with Crippen LogP contribution in [0.25, 0.3) is 10.9 Å². The predicted molar refractivity (Wildman–Crippen MR) is 114 cm³/mol. The van der Waals surface area contributed by atoms with E-state index in [1.807, 2.05) is 53.4 Å². The predicted octanol–water partition coefficient (Wildman–Crippen LogP) is 3.34. The number of carbonyl (C=O) groups excluding carboxylic acids is 1. The molecular formula is C24H25N3O3. The number of fused-ring (bicyclic) bond motifs is 1. The molecule has 0 radical (unpaired) electrons. The van der Waals surface area contributed by atoms with Gasteiger partial charge in [0, 0.05) is 19.8 Å². The van der Waals surface area contributed by atoms with Gasteiger partial charge in [-0.2, -0.15) is 0 Å². The fourth-order valence-corrected chi connectivity index (χ4v) is 4.93. The number of carbonyl (C=O) groups is 1. The molecule has 2 aliphatic rings. The zero-order valence-electron chi connectivity index (χ0n) is 16.8. The zero-order valence-corrected chi connectivity index (χ0v) is 16.8. The number of ether oxygens (including phenoxy) is 1. The smallest absolute Gasteiger partial charge is 0.258 e. The number of aromatic amines is 1. The van der Waals surface area contributed by atoms with Crippen LogP contribution >= 0.6 is 0 Å². The third-order valence-electron chi connectivity index (χ3n) is 6.54. The zero-order chi connectivity index (χ0) is 20.6. The molecule has 6 heteroatoms. The first-order valence-electron chi connectivity index (χ1n) is 10.6. The number of para-hydroxylation sites is 1. The fraction of sp³-hybridized carbons (Fsp3) is 0.375. The summed E-state index contributed by atoms with van der Waals surface area (Å²) in [6.07, 6.45) is 3.03. The molecule has 5 rings (SSSR count). The van der Waals surface area contributed by atoms with Gasteiger partial charge in [-0.25, -0.2) is 4.98 Å². The van der Waals surface area contributed by atoms with Crippen molar-refractivity contribution < 1.29 is 9.53 Å². The Morgan fingerprint density at radius 2 is 1.80 bits per heavy atom. The molecule has 154 valence electrons. The van der Waals surface area contributed by atoms with Crippen molar-refractivity contribution in [3.63, 3.8) is 0 Å². The second-order valence-electron chi connectivity index (χ2n) is 8.19. The Bertz CT molecular complexity index is 1120. The monoisotopic (exact) mass is 403 g/mol. The summed E-state index contributed by atoms with van der Waals surface area (Å²) in [6, 6.07) is 17.2. The average molecular weight is 403 g/mol. The number of rotatable bonds is 3. The van der Waals surface area contributed by atoms with E-state index >= 15 is 0 Å². The van der Waals surface area contributed by atoms with Crippen molar-refractivity contribution in [1.29, 1.82) is 0 Å². The molecule has 2 saturated heterocycles. The van der Waals surface area contributed by atoms with Crippen LogP contribution in [0.15, 0.2) is 59.4 Å². The topological polar surface area (TPSA) is 75.3 Å². The number of aromatic nitrogens is 2. The minimum absolute atomic E-state index is 0.121. The highest BCUT2D eigenvalue weighted by molar-refractivity contribution is 5.89. The van der Waals surface area contributed by atoms with Crippen LogP contribution in [0.2, 0.25) is 0 Å². The number of amides is 1. The van der Waals surface area contributed by atoms with Gasteiger partial charge >= 0.3 is 0 Å². The molecule has 3 heterocycles. The summed E-state index contributed by atoms with van der Waals surface area (Å²) in [4.78, 5) is 36.2. The van der Waals surface area contributed by atoms with E-state index in [0.717, 1.165) is 18.4 Å². The van der Waals surface area contributed by atoms with Crippen molar-refractivity contribution in [3.8, 4) is 0 Å². The number of hydrogen-bond donors (Lipinski definition) is 1. The van der Waals surface area contributed by atoms with Crippen LogP contribution in [-0.4, -0.2) is 40.5 Å². The van der Waals surface area contributed by atoms with Crippen LogP contribution in [0.3, 0.4) is 0 Å². The molecule has 6 nitrogen and oxygen atoms in total. The van der Waals surface area contributed by atoms with E-state index in [4.69, 9.17) is 9.72 Å². The molecule has 2 fully saturated rings. The minimum Gasteiger partial charge on any atom is -0.381 e. The molecular weight excluding hydrogens is 378 g/mol. The maximum Gasteiger partial charge on any atom is 0.258 e. The quantitative estimate of drug-likeness (QED) is 0.728. The van der Waals surface area contributed by atoms with Crippen LogP contribution in [-0.2, 0) is 14.9 Å². The summed E-state index contributed by atoms with van der Waals surface area (Å²) in [5.41, 5.74) is 0.973. The third kappa shape index (κ3) is 3.12. The molecule has 1 atom stereocenters. The van der Waals surface area contributed by atoms with Crippen LogP contribution in [0.1, 0.15) is 43.1 Å². The first-order chi connectivity index (χ1) is 14.7. The maximum atomic E-state index is 14.0. The summed E-state index contributed by atoms with van der Waals surface area (Å²) < 4.78 is 5.60. The summed E-state index contributed by atoms with van der Waals surface area (Å²) >= 11 is 0. The molecule has 0 aliphatic carbocycles. The Morgan fingerprint density at radius 3 is 2.60 bits per heavy atom. The van der Waals surface area contributed by atoms with E-state index in [0.29, 0.717) is 49.3 Å². The van der Waals surface area contributed by atoms with E-state index in [2.05, 4.69) is 4.98 Å². The molecule has 1 aromatic heterocycles. The summed E-state index contributed by atoms with van der Waals surface area (Å²) in [5.74, 6) is 0.704. The largest absolute Gasteiger partial charge is 0.381 e. The van der Waals surface area contributed by atoms with Gasteiger partial charge in [-0.05, 0) is 43.4 Å². The van der Waals surface area contributed by atoms with Gasteiger partial charge in [-0.15, -0.1) is 0 Å². The van der Waals surface area contributed by atoms with Gasteiger partial charge in [0.15, 0.2) is 0 Å². The summed E-state index contributed by atoms with van der Waals surface area (Å²) in [7, 11) is 0. The lowest BCUT2D eigenvalue weighted by Gasteiger charge is -2.40. The van der Waals surface area contributed by atoms with Crippen molar-refractivity contribution in [2.24, 2.45) is 0 Å². The second-order valence-corrected chi connectivity index (χ2v) is 8.19. The molecule has 0 spiro atoms. The van der Waals surface area contributed by atoms with Gasteiger partial charge < -0.3 is 14.6 Å². The highest BCUT2D eigenvalue weighted by Crippen LogP contribution is 2.41. The van der Waals surface area contributed by atoms with Gasteiger partial charge in [-0.3, -0.25) is 9.59 Å². The van der Waals surface area contributed by atoms with Gasteiger partial charge in [0.05, 0.1) is 22.4 Å². The van der Waals surface area contributed by atoms with E-state index in [1.165, 1.54) is 0 Å². The number of nitrogens with one attached hydrogen (secondary N) is 1. The number of likely N-dealkylation sites (tertiary alicyclic amines) is 1. The highest BCUT2D eigenvalue weighted by atomic mass is 16.5. The lowest BCUT2D eigenvalue weighted by Crippen LogP contribution is -2.50. The molecule has 1 unspecified atom stereocenters. The molecule has 0 saturated carbocycles. The van der Waals surface area contributed by atoms with Gasteiger partial charge in [-0.1, -0.05) is 42.5 Å². The molecule has 2 aliphatic heterocycles. The Balaban J connectivity index is 1.54. The third-order valence-corrected chi connectivity index (χ3v) is 6.54. The molecule has 2 aromatic carbocycles. The van der Waals surface area contributed by atoms with Crippen molar-refractivity contribution in [2.75, 3.05) is 19.8 Å². The Hall–Kier alpha value is -2.99. The van der Waals surface area contributed by atoms with E-state index in [9.17, 15) is 9.59 Å². The Labute approximate surface area is 174 Å². The lowest BCUT2D eigenvalue weighted by molar-refractivity contribution is -0.142. The first kappa shape index (κ1) is 19.0. The van der Waals surface area contributed by atoms with Crippen molar-refractivity contribution >= 4 is 16.8 Å². The van der Waals surface area contributed by atoms with Crippen LogP contribution < -0.4 is 5.56 Å². The van der Waals surface area contributed by atoms with Crippen LogP contribution in [0, 0.1) is 0 Å². The SMILES string of the molecule is O=C(N1CCCC1c1nc2ccccc2c(=O)[nH]1)C1(c2ccccc2)CCOCC1. The van der Waals surface area contributed by atoms with Gasteiger partial charge in [0.25, 0.3) is 5.56 Å². The normalized spacial score (nSPS) is 21.1. The first-order valence-corrected chi connectivity index (χ1v) is 10.6. The van der Waals surface area contributed by atoms with Gasteiger partial charge in [0.2, 0.25) is 5.91 Å². The van der Waals surface area contributed by atoms with Crippen molar-refractivity contribution in [3.05, 3.63) is 76.3 Å². The average Bonchev–Trinajstić information content (AvgIpc) is 3.29. The number of nitrogens with zero attached hydrogens (tertiary/aromatic N) is 2. The molecule has 0 bridgehead atoms. The van der Waals surface area contributed by atoms with E-state index < -0.39 is 5.41 Å². The van der Waals surface area contributed by atoms with Crippen LogP contribution in [0.5, 0.6) is 0 Å². The van der Waals surface area contributed by atoms with E-state index in [1.54, 1.807) is 6.07 Å². The summed E-state index contributed by atoms with van der Waals surface area (Å²) in [5, 5.41) is 0.572. The fourth-order valence-electron chi connectivity index (χ4n) is 4.93. The highest BCUT2D eigenvalue weighted by Gasteiger charge is 2.47. The number of hydrogen-bond acceptors (Lipinski definition) is 4. The minimum atomic E-state index is -0.584. The standard InChI is InChI=1S/C24H25N3O3/c28-22-18-9-4-5-10-19(18)25-21(26-22)20-11-6-14-27(20)23(29)24(12-15-30-16-13-24)17-7-2-1-3-8-17/h1-5,7-10,20H,6,11-16H2,(H,25,26,28). The maximum absolute atomic E-state index is 14.0. The molecule has 1 N–H and O–H groups in total. The Morgan fingerprint density at radius 1 is 1.07 bits per heavy atom. The number of H-pyrrole nitrogens is 1. The second kappa shape index (κ2) is 7.69. The van der Waals surface area contributed by atoms with E-state index in [-0.39, 0.29) is 17.5 Å². The van der Waals surface area contributed by atoms with Crippen molar-refractivity contribution in [1.82, 2.24) is 14.9 Å². The molecule has 3 aromatic rings. The van der Waals surface area contributed by atoms with Crippen LogP contribution in [0.4, 0.5) is 0 Å². The molecule has 30 heavy (non-hydrogen) atoms. The number of benzene rings is 2. The van der Waals surface area contributed by atoms with Gasteiger partial charge in [0.1, 0.15) is 5.82 Å². The Kier molecular flexibility index (Phi) is 4.87. The molecule has 1 amide bonds.